The van der Waals surface area contributed by atoms with Crippen LogP contribution < -0.4 is 20.1 Å². The van der Waals surface area contributed by atoms with Crippen molar-refractivity contribution in [1.29, 1.82) is 0 Å². The molecule has 0 saturated carbocycles. The molecule has 0 bridgehead atoms. The Morgan fingerprint density at radius 2 is 2.10 bits per heavy atom. The normalized spacial score (nSPS) is 15.2. The second kappa shape index (κ2) is 11.2. The van der Waals surface area contributed by atoms with Crippen LogP contribution in [-0.2, 0) is 12.0 Å². The van der Waals surface area contributed by atoms with Crippen LogP contribution in [-0.4, -0.2) is 43.9 Å². The Kier molecular flexibility index (Phi) is 9.32. The van der Waals surface area contributed by atoms with Crippen molar-refractivity contribution in [3.05, 3.63) is 45.1 Å². The highest BCUT2D eigenvalue weighted by Gasteiger charge is 2.23. The number of benzene rings is 1. The Hall–Kier alpha value is -1.23. The smallest absolute Gasteiger partial charge is 0.191 e. The Morgan fingerprint density at radius 3 is 2.83 bits per heavy atom. The lowest BCUT2D eigenvalue weighted by Gasteiger charge is -2.21. The first-order valence-corrected chi connectivity index (χ1v) is 10.7. The lowest BCUT2D eigenvalue weighted by molar-refractivity contribution is 0.0677. The minimum atomic E-state index is -0.994. The lowest BCUT2D eigenvalue weighted by atomic mass is 10.00. The van der Waals surface area contributed by atoms with E-state index in [9.17, 15) is 5.11 Å². The van der Waals surface area contributed by atoms with Crippen LogP contribution in [0, 0.1) is 0 Å². The number of thiophene rings is 1. The Labute approximate surface area is 197 Å². The number of rotatable bonds is 7. The molecule has 1 aliphatic heterocycles. The molecule has 0 aliphatic carbocycles. The summed E-state index contributed by atoms with van der Waals surface area (Å²) in [5.74, 6) is 1.98. The quantitative estimate of drug-likeness (QED) is 0.277. The number of hydrogen-bond acceptors (Lipinski definition) is 5. The van der Waals surface area contributed by atoms with Crippen molar-refractivity contribution in [3.8, 4) is 11.5 Å². The third-order valence-electron chi connectivity index (χ3n) is 4.40. The van der Waals surface area contributed by atoms with E-state index in [1.165, 1.54) is 0 Å². The van der Waals surface area contributed by atoms with E-state index in [1.54, 1.807) is 18.3 Å². The Morgan fingerprint density at radius 1 is 1.31 bits per heavy atom. The van der Waals surface area contributed by atoms with Crippen molar-refractivity contribution in [2.24, 2.45) is 4.99 Å². The summed E-state index contributed by atoms with van der Waals surface area (Å²) in [6.45, 7) is 6.52. The van der Waals surface area contributed by atoms with Gasteiger partial charge in [-0.1, -0.05) is 11.6 Å². The van der Waals surface area contributed by atoms with Crippen molar-refractivity contribution < 1.29 is 14.6 Å². The van der Waals surface area contributed by atoms with Crippen LogP contribution in [0.3, 0.4) is 0 Å². The number of nitrogens with zero attached hydrogens (tertiary/aromatic N) is 1. The fourth-order valence-corrected chi connectivity index (χ4v) is 3.94. The molecule has 1 aromatic heterocycles. The van der Waals surface area contributed by atoms with E-state index < -0.39 is 5.60 Å². The minimum Gasteiger partial charge on any atom is -0.486 e. The minimum absolute atomic E-state index is 0. The summed E-state index contributed by atoms with van der Waals surface area (Å²) in [5, 5.41) is 21.6. The number of halogens is 2. The molecule has 0 amide bonds. The van der Waals surface area contributed by atoms with E-state index in [1.807, 2.05) is 35.9 Å². The third kappa shape index (κ3) is 6.63. The maximum absolute atomic E-state index is 10.6. The van der Waals surface area contributed by atoms with Gasteiger partial charge >= 0.3 is 0 Å². The van der Waals surface area contributed by atoms with Gasteiger partial charge in [-0.2, -0.15) is 11.3 Å². The number of nitrogens with one attached hydrogen (secondary N) is 2. The van der Waals surface area contributed by atoms with Gasteiger partial charge in [0.1, 0.15) is 18.8 Å². The summed E-state index contributed by atoms with van der Waals surface area (Å²) in [6.07, 6.45) is 0.752. The first kappa shape index (κ1) is 24.0. The van der Waals surface area contributed by atoms with Crippen LogP contribution in [0.15, 0.2) is 34.0 Å². The molecular weight excluding hydrogens is 525 g/mol. The zero-order chi connectivity index (χ0) is 20.0. The fourth-order valence-electron chi connectivity index (χ4n) is 2.87. The van der Waals surface area contributed by atoms with Gasteiger partial charge in [-0.3, -0.25) is 0 Å². The molecule has 0 fully saturated rings. The monoisotopic (exact) mass is 551 g/mol. The van der Waals surface area contributed by atoms with Crippen molar-refractivity contribution >= 4 is 52.9 Å². The van der Waals surface area contributed by atoms with Gasteiger partial charge < -0.3 is 25.2 Å². The van der Waals surface area contributed by atoms with E-state index in [-0.39, 0.29) is 30.5 Å². The van der Waals surface area contributed by atoms with Crippen LogP contribution in [0.25, 0.3) is 0 Å². The van der Waals surface area contributed by atoms with Gasteiger partial charge in [-0.15, -0.1) is 24.0 Å². The number of aliphatic imine (C=N–C) groups is 1. The van der Waals surface area contributed by atoms with Crippen LogP contribution in [0.2, 0.25) is 5.02 Å². The predicted molar refractivity (Wildman–Crippen MR) is 129 cm³/mol. The summed E-state index contributed by atoms with van der Waals surface area (Å²) in [4.78, 5) is 4.54. The Bertz CT molecular complexity index is 816. The molecule has 1 aliphatic rings. The van der Waals surface area contributed by atoms with E-state index in [0.29, 0.717) is 42.2 Å². The molecule has 0 saturated heterocycles. The molecular formula is C20H27ClIN3O3S. The van der Waals surface area contributed by atoms with Crippen LogP contribution in [0.1, 0.15) is 25.0 Å². The number of hydrogen-bond donors (Lipinski definition) is 3. The summed E-state index contributed by atoms with van der Waals surface area (Å²) in [6, 6.07) is 5.79. The molecule has 0 spiro atoms. The van der Waals surface area contributed by atoms with Gasteiger partial charge in [0, 0.05) is 13.1 Å². The summed E-state index contributed by atoms with van der Waals surface area (Å²) < 4.78 is 11.2. The summed E-state index contributed by atoms with van der Waals surface area (Å²) >= 11 is 7.86. The SMILES string of the molecule is CCNC(=NCC(C)(O)c1ccsc1)NCCc1cc(Cl)c2c(c1)OCCO2.I. The lowest BCUT2D eigenvalue weighted by Crippen LogP contribution is -2.39. The van der Waals surface area contributed by atoms with Crippen LogP contribution >= 0.6 is 46.9 Å². The van der Waals surface area contributed by atoms with Crippen LogP contribution in [0.4, 0.5) is 0 Å². The number of aliphatic hydroxyl groups is 1. The second-order valence-electron chi connectivity index (χ2n) is 6.76. The summed E-state index contributed by atoms with van der Waals surface area (Å²) in [5.41, 5.74) is 0.942. The highest BCUT2D eigenvalue weighted by atomic mass is 127. The molecule has 29 heavy (non-hydrogen) atoms. The molecule has 0 radical (unpaired) electrons. The Balaban J connectivity index is 0.00000300. The second-order valence-corrected chi connectivity index (χ2v) is 7.95. The van der Waals surface area contributed by atoms with Gasteiger partial charge in [0.15, 0.2) is 17.5 Å². The molecule has 2 heterocycles. The highest BCUT2D eigenvalue weighted by molar-refractivity contribution is 14.0. The zero-order valence-electron chi connectivity index (χ0n) is 16.5. The maximum atomic E-state index is 10.6. The maximum Gasteiger partial charge on any atom is 0.191 e. The average Bonchev–Trinajstić information content (AvgIpc) is 3.22. The van der Waals surface area contributed by atoms with E-state index in [2.05, 4.69) is 15.6 Å². The van der Waals surface area contributed by atoms with Crippen molar-refractivity contribution in [2.75, 3.05) is 32.8 Å². The zero-order valence-corrected chi connectivity index (χ0v) is 20.4. The number of guanidine groups is 1. The topological polar surface area (TPSA) is 75.1 Å². The molecule has 1 unspecified atom stereocenters. The standard InChI is InChI=1S/C20H26ClN3O3S.HI/c1-3-22-19(24-13-20(2,25)15-5-9-28-12-15)23-6-4-14-10-16(21)18-17(11-14)26-7-8-27-18;/h5,9-12,25H,3-4,6-8,13H2,1-2H3,(H2,22,23,24);1H. The van der Waals surface area contributed by atoms with Crippen molar-refractivity contribution in [3.63, 3.8) is 0 Å². The fraction of sp³-hybridized carbons (Fsp3) is 0.450. The number of fused-ring (bicyclic) bond motifs is 1. The van der Waals surface area contributed by atoms with Gasteiger partial charge in [0.2, 0.25) is 0 Å². The largest absolute Gasteiger partial charge is 0.486 e. The molecule has 1 atom stereocenters. The van der Waals surface area contributed by atoms with Crippen molar-refractivity contribution in [1.82, 2.24) is 10.6 Å². The van der Waals surface area contributed by atoms with E-state index in [0.717, 1.165) is 24.1 Å². The highest BCUT2D eigenvalue weighted by Crippen LogP contribution is 2.38. The van der Waals surface area contributed by atoms with Crippen LogP contribution in [0.5, 0.6) is 11.5 Å². The molecule has 160 valence electrons. The number of ether oxygens (including phenoxy) is 2. The molecule has 9 heteroatoms. The average molecular weight is 552 g/mol. The predicted octanol–water partition coefficient (Wildman–Crippen LogP) is 3.80. The molecule has 6 nitrogen and oxygen atoms in total. The first-order chi connectivity index (χ1) is 13.5. The molecule has 2 aromatic rings. The third-order valence-corrected chi connectivity index (χ3v) is 5.36. The van der Waals surface area contributed by atoms with E-state index >= 15 is 0 Å². The molecule has 3 rings (SSSR count). The van der Waals surface area contributed by atoms with Gasteiger partial charge in [0.05, 0.1) is 11.6 Å². The van der Waals surface area contributed by atoms with Crippen molar-refractivity contribution in [2.45, 2.75) is 25.9 Å². The first-order valence-electron chi connectivity index (χ1n) is 9.35. The molecule has 3 N–H and O–H groups in total. The molecule has 1 aromatic carbocycles. The van der Waals surface area contributed by atoms with Gasteiger partial charge in [-0.25, -0.2) is 4.99 Å². The van der Waals surface area contributed by atoms with Gasteiger partial charge in [0.25, 0.3) is 0 Å². The summed E-state index contributed by atoms with van der Waals surface area (Å²) in [7, 11) is 0. The van der Waals surface area contributed by atoms with Gasteiger partial charge in [-0.05, 0) is 60.4 Å². The van der Waals surface area contributed by atoms with E-state index in [4.69, 9.17) is 21.1 Å².